The highest BCUT2D eigenvalue weighted by Crippen LogP contribution is 2.30. The van der Waals surface area contributed by atoms with Crippen LogP contribution in [0, 0.1) is 33.4 Å². The number of anilines is 2. The number of nitrogens with zero attached hydrogens (tertiary/aromatic N) is 1. The first kappa shape index (κ1) is 23.9. The third-order valence-electron chi connectivity index (χ3n) is 4.28. The minimum Gasteiger partial charge on any atom is -0.465 e. The lowest BCUT2D eigenvalue weighted by atomic mass is 10.0. The van der Waals surface area contributed by atoms with E-state index < -0.39 is 40.0 Å². The van der Waals surface area contributed by atoms with Gasteiger partial charge in [0.25, 0.3) is 5.09 Å². The van der Waals surface area contributed by atoms with E-state index in [0.29, 0.717) is 24.8 Å². The number of unbranched alkanes of at least 4 members (excludes halogenated alkanes) is 1. The Kier molecular flexibility index (Phi) is 8.59. The molecule has 0 heterocycles. The molecule has 168 valence electrons. The van der Waals surface area contributed by atoms with E-state index in [-0.39, 0.29) is 31.4 Å². The molecule has 7 nitrogen and oxygen atoms in total. The molecule has 2 aromatic rings. The summed E-state index contributed by atoms with van der Waals surface area (Å²) in [6, 6.07) is 4.79. The first-order valence-electron chi connectivity index (χ1n) is 9.37. The molecule has 0 aliphatic carbocycles. The van der Waals surface area contributed by atoms with Crippen molar-refractivity contribution in [1.82, 2.24) is 0 Å². The molecule has 11 heteroatoms. The second-order valence-electron chi connectivity index (χ2n) is 6.47. The SMILES string of the molecule is CCc1ccc(Nc2c(F)c(F)cc(F)c2F)c(CC(=O)OCCCCO[N+](=O)[O-])c1. The fraction of sp³-hybridized carbons (Fsp3) is 0.350. The monoisotopic (exact) mass is 444 g/mol. The summed E-state index contributed by atoms with van der Waals surface area (Å²) in [6.07, 6.45) is 0.966. The average molecular weight is 444 g/mol. The largest absolute Gasteiger partial charge is 0.465 e. The smallest absolute Gasteiger partial charge is 0.310 e. The molecule has 0 spiro atoms. The number of nitrogens with one attached hydrogen (secondary N) is 1. The van der Waals surface area contributed by atoms with Gasteiger partial charge in [-0.15, -0.1) is 10.1 Å². The molecule has 0 amide bonds. The zero-order valence-electron chi connectivity index (χ0n) is 16.6. The van der Waals surface area contributed by atoms with E-state index >= 15 is 0 Å². The minimum atomic E-state index is -1.59. The van der Waals surface area contributed by atoms with Crippen LogP contribution >= 0.6 is 0 Å². The van der Waals surface area contributed by atoms with E-state index in [9.17, 15) is 32.5 Å². The Balaban J connectivity index is 2.10. The van der Waals surface area contributed by atoms with Gasteiger partial charge in [0.2, 0.25) is 0 Å². The molecular formula is C20H20F4N2O5. The number of aryl methyl sites for hydroxylation is 1. The summed E-state index contributed by atoms with van der Waals surface area (Å²) in [5.74, 6) is -6.96. The first-order valence-corrected chi connectivity index (χ1v) is 9.37. The molecule has 2 aromatic carbocycles. The molecule has 2 rings (SSSR count). The van der Waals surface area contributed by atoms with Crippen molar-refractivity contribution in [3.63, 3.8) is 0 Å². The van der Waals surface area contributed by atoms with E-state index in [4.69, 9.17) is 4.74 Å². The van der Waals surface area contributed by atoms with Gasteiger partial charge in [-0.05, 0) is 36.5 Å². The molecule has 0 atom stereocenters. The van der Waals surface area contributed by atoms with Gasteiger partial charge < -0.3 is 14.9 Å². The Labute approximate surface area is 175 Å². The number of rotatable bonds is 11. The van der Waals surface area contributed by atoms with Crippen molar-refractivity contribution < 1.29 is 37.0 Å². The highest BCUT2D eigenvalue weighted by atomic mass is 19.2. The highest BCUT2D eigenvalue weighted by Gasteiger charge is 2.21. The normalized spacial score (nSPS) is 10.6. The van der Waals surface area contributed by atoms with Crippen molar-refractivity contribution in [3.8, 4) is 0 Å². The fourth-order valence-corrected chi connectivity index (χ4v) is 2.69. The van der Waals surface area contributed by atoms with Crippen LogP contribution in [0.15, 0.2) is 24.3 Å². The quantitative estimate of drug-likeness (QED) is 0.136. The highest BCUT2D eigenvalue weighted by molar-refractivity contribution is 5.77. The van der Waals surface area contributed by atoms with Gasteiger partial charge in [0.05, 0.1) is 19.6 Å². The molecule has 0 unspecified atom stereocenters. The van der Waals surface area contributed by atoms with E-state index in [0.717, 1.165) is 5.56 Å². The van der Waals surface area contributed by atoms with E-state index in [1.54, 1.807) is 12.1 Å². The second-order valence-corrected chi connectivity index (χ2v) is 6.47. The summed E-state index contributed by atoms with van der Waals surface area (Å²) in [7, 11) is 0. The van der Waals surface area contributed by atoms with Crippen molar-refractivity contribution in [2.45, 2.75) is 32.6 Å². The molecule has 0 bridgehead atoms. The van der Waals surface area contributed by atoms with Crippen LogP contribution in [0.4, 0.5) is 28.9 Å². The first-order chi connectivity index (χ1) is 14.7. The van der Waals surface area contributed by atoms with Gasteiger partial charge in [0.15, 0.2) is 23.3 Å². The lowest BCUT2D eigenvalue weighted by Crippen LogP contribution is -2.12. The van der Waals surface area contributed by atoms with E-state index in [1.807, 2.05) is 6.92 Å². The molecule has 0 aliphatic rings. The van der Waals surface area contributed by atoms with Gasteiger partial charge in [-0.3, -0.25) is 4.79 Å². The Morgan fingerprint density at radius 3 is 2.32 bits per heavy atom. The Morgan fingerprint density at radius 2 is 1.71 bits per heavy atom. The van der Waals surface area contributed by atoms with Gasteiger partial charge in [-0.25, -0.2) is 17.6 Å². The summed E-state index contributed by atoms with van der Waals surface area (Å²) < 4.78 is 60.0. The summed E-state index contributed by atoms with van der Waals surface area (Å²) in [5.41, 5.74) is 0.194. The van der Waals surface area contributed by atoms with Crippen molar-refractivity contribution in [2.24, 2.45) is 0 Å². The zero-order valence-corrected chi connectivity index (χ0v) is 16.6. The lowest BCUT2D eigenvalue weighted by Gasteiger charge is -2.15. The van der Waals surface area contributed by atoms with Gasteiger partial charge in [-0.2, -0.15) is 0 Å². The van der Waals surface area contributed by atoms with Crippen molar-refractivity contribution in [1.29, 1.82) is 0 Å². The van der Waals surface area contributed by atoms with Crippen molar-refractivity contribution >= 4 is 17.3 Å². The van der Waals surface area contributed by atoms with Crippen LogP contribution in [-0.2, 0) is 27.2 Å². The second kappa shape index (κ2) is 11.1. The predicted molar refractivity (Wildman–Crippen MR) is 102 cm³/mol. The van der Waals surface area contributed by atoms with Gasteiger partial charge in [0, 0.05) is 11.8 Å². The molecule has 1 N–H and O–H groups in total. The van der Waals surface area contributed by atoms with Crippen LogP contribution in [-0.4, -0.2) is 24.3 Å². The van der Waals surface area contributed by atoms with Gasteiger partial charge >= 0.3 is 5.97 Å². The molecule has 0 aromatic heterocycles. The minimum absolute atomic E-state index is 0.00545. The molecule has 0 fully saturated rings. The molecular weight excluding hydrogens is 424 g/mol. The lowest BCUT2D eigenvalue weighted by molar-refractivity contribution is -0.757. The maximum Gasteiger partial charge on any atom is 0.310 e. The standard InChI is InChI=1S/C20H20F4N2O5/c1-2-12-5-6-16(25-20-18(23)14(21)11-15(22)19(20)24)13(9-12)10-17(27)30-7-3-4-8-31-26(28)29/h5-6,9,11,25H,2-4,7-8,10H2,1H3. The van der Waals surface area contributed by atoms with Crippen LogP contribution in [0.1, 0.15) is 30.9 Å². The van der Waals surface area contributed by atoms with Crippen LogP contribution in [0.25, 0.3) is 0 Å². The van der Waals surface area contributed by atoms with Crippen molar-refractivity contribution in [2.75, 3.05) is 18.5 Å². The summed E-state index contributed by atoms with van der Waals surface area (Å²) >= 11 is 0. The van der Waals surface area contributed by atoms with Crippen LogP contribution < -0.4 is 5.32 Å². The number of ether oxygens (including phenoxy) is 1. The summed E-state index contributed by atoms with van der Waals surface area (Å²) in [4.78, 5) is 26.3. The van der Waals surface area contributed by atoms with Gasteiger partial charge in [0.1, 0.15) is 5.69 Å². The Hall–Kier alpha value is -3.37. The molecule has 0 aliphatic heterocycles. The third-order valence-corrected chi connectivity index (χ3v) is 4.28. The summed E-state index contributed by atoms with van der Waals surface area (Å²) in [6.45, 7) is 1.73. The van der Waals surface area contributed by atoms with Crippen LogP contribution in [0.2, 0.25) is 0 Å². The Bertz CT molecular complexity index is 929. The molecule has 0 saturated heterocycles. The Morgan fingerprint density at radius 1 is 1.06 bits per heavy atom. The van der Waals surface area contributed by atoms with Crippen molar-refractivity contribution in [3.05, 3.63) is 68.8 Å². The number of hydrogen-bond donors (Lipinski definition) is 1. The number of benzene rings is 2. The topological polar surface area (TPSA) is 90.7 Å². The zero-order chi connectivity index (χ0) is 23.0. The van der Waals surface area contributed by atoms with Crippen LogP contribution in [0.3, 0.4) is 0 Å². The molecule has 0 saturated carbocycles. The number of carbonyl (C=O) groups is 1. The van der Waals surface area contributed by atoms with Gasteiger partial charge in [-0.1, -0.05) is 19.1 Å². The average Bonchev–Trinajstić information content (AvgIpc) is 2.72. The number of hydrogen-bond acceptors (Lipinski definition) is 6. The van der Waals surface area contributed by atoms with Crippen LogP contribution in [0.5, 0.6) is 0 Å². The summed E-state index contributed by atoms with van der Waals surface area (Å²) in [5, 5.41) is 11.4. The third kappa shape index (κ3) is 6.83. The fourth-order valence-electron chi connectivity index (χ4n) is 2.69. The molecule has 0 radical (unpaired) electrons. The van der Waals surface area contributed by atoms with E-state index in [2.05, 4.69) is 10.2 Å². The number of carbonyl (C=O) groups excluding carboxylic acids is 1. The molecule has 31 heavy (non-hydrogen) atoms. The predicted octanol–water partition coefficient (Wildman–Crippen LogP) is 4.62. The van der Waals surface area contributed by atoms with E-state index in [1.165, 1.54) is 6.07 Å². The number of esters is 1. The maximum atomic E-state index is 14.0. The maximum absolute atomic E-state index is 14.0. The number of halogens is 4.